The van der Waals surface area contributed by atoms with Gasteiger partial charge in [0.1, 0.15) is 0 Å². The molecule has 1 aromatic carbocycles. The predicted molar refractivity (Wildman–Crippen MR) is 97.8 cm³/mol. The van der Waals surface area contributed by atoms with Crippen molar-refractivity contribution in [3.05, 3.63) is 76.0 Å². The molecule has 120 valence electrons. The van der Waals surface area contributed by atoms with Crippen LogP contribution in [0.25, 0.3) is 5.57 Å². The first-order valence-electron chi connectivity index (χ1n) is 8.13. The maximum absolute atomic E-state index is 12.3. The number of hydrogen-bond donors (Lipinski definition) is 1. The van der Waals surface area contributed by atoms with Crippen molar-refractivity contribution in [3.63, 3.8) is 0 Å². The largest absolute Gasteiger partial charge is 0.322 e. The van der Waals surface area contributed by atoms with Crippen LogP contribution in [0.5, 0.6) is 0 Å². The summed E-state index contributed by atoms with van der Waals surface area (Å²) >= 11 is 0. The SMILES string of the molecule is C/C=C1/NC(=O)C(=C(C)C)/C1=C/C(=C/CC)c1ccccc1C. The van der Waals surface area contributed by atoms with Crippen LogP contribution in [0.4, 0.5) is 0 Å². The molecule has 0 atom stereocenters. The number of nitrogens with one attached hydrogen (secondary N) is 1. The molecular formula is C21H25NO. The summed E-state index contributed by atoms with van der Waals surface area (Å²) in [6, 6.07) is 8.36. The summed E-state index contributed by atoms with van der Waals surface area (Å²) < 4.78 is 0. The monoisotopic (exact) mass is 307 g/mol. The molecule has 0 radical (unpaired) electrons. The quantitative estimate of drug-likeness (QED) is 0.775. The van der Waals surface area contributed by atoms with Gasteiger partial charge in [0, 0.05) is 16.8 Å². The third-order valence-electron chi connectivity index (χ3n) is 4.00. The minimum atomic E-state index is -0.00928. The predicted octanol–water partition coefficient (Wildman–Crippen LogP) is 5.08. The van der Waals surface area contributed by atoms with E-state index in [-0.39, 0.29) is 5.91 Å². The van der Waals surface area contributed by atoms with Crippen LogP contribution in [0.15, 0.2) is 64.9 Å². The highest BCUT2D eigenvalue weighted by Crippen LogP contribution is 2.32. The van der Waals surface area contributed by atoms with Gasteiger partial charge < -0.3 is 5.32 Å². The molecule has 23 heavy (non-hydrogen) atoms. The van der Waals surface area contributed by atoms with Crippen molar-refractivity contribution in [1.82, 2.24) is 5.32 Å². The molecule has 2 nitrogen and oxygen atoms in total. The smallest absolute Gasteiger partial charge is 0.256 e. The van der Waals surface area contributed by atoms with Gasteiger partial charge in [0.05, 0.1) is 0 Å². The van der Waals surface area contributed by atoms with Crippen molar-refractivity contribution in [2.45, 2.75) is 41.0 Å². The summed E-state index contributed by atoms with van der Waals surface area (Å²) in [7, 11) is 0. The summed E-state index contributed by atoms with van der Waals surface area (Å²) in [6.07, 6.45) is 7.26. The fraction of sp³-hybridized carbons (Fsp3) is 0.286. The number of amides is 1. The Bertz CT molecular complexity index is 741. The van der Waals surface area contributed by atoms with Crippen LogP contribution < -0.4 is 5.32 Å². The number of rotatable bonds is 3. The second kappa shape index (κ2) is 7.28. The minimum Gasteiger partial charge on any atom is -0.322 e. The number of hydrogen-bond acceptors (Lipinski definition) is 1. The van der Waals surface area contributed by atoms with Crippen LogP contribution in [0.3, 0.4) is 0 Å². The molecule has 1 saturated heterocycles. The third-order valence-corrected chi connectivity index (χ3v) is 4.00. The summed E-state index contributed by atoms with van der Waals surface area (Å²) in [6.45, 7) is 10.2. The molecule has 0 unspecified atom stereocenters. The van der Waals surface area contributed by atoms with E-state index in [2.05, 4.69) is 55.6 Å². The first kappa shape index (κ1) is 17.0. The van der Waals surface area contributed by atoms with Gasteiger partial charge in [-0.3, -0.25) is 4.79 Å². The molecule has 0 aromatic heterocycles. The molecule has 0 bridgehead atoms. The molecule has 1 fully saturated rings. The van der Waals surface area contributed by atoms with E-state index in [4.69, 9.17) is 0 Å². The lowest BCUT2D eigenvalue weighted by atomic mass is 9.94. The van der Waals surface area contributed by atoms with E-state index in [9.17, 15) is 4.79 Å². The Morgan fingerprint density at radius 2 is 1.91 bits per heavy atom. The molecule has 0 saturated carbocycles. The normalized spacial score (nSPS) is 18.7. The molecular weight excluding hydrogens is 282 g/mol. The van der Waals surface area contributed by atoms with Gasteiger partial charge in [-0.15, -0.1) is 0 Å². The number of allylic oxidation sites excluding steroid dienone is 6. The Labute approximate surface area is 139 Å². The fourth-order valence-corrected chi connectivity index (χ4v) is 2.90. The van der Waals surface area contributed by atoms with E-state index in [1.54, 1.807) is 0 Å². The molecule has 2 heteroatoms. The van der Waals surface area contributed by atoms with E-state index < -0.39 is 0 Å². The fourth-order valence-electron chi connectivity index (χ4n) is 2.90. The van der Waals surface area contributed by atoms with Gasteiger partial charge >= 0.3 is 0 Å². The van der Waals surface area contributed by atoms with Crippen LogP contribution in [0, 0.1) is 6.92 Å². The van der Waals surface area contributed by atoms with E-state index in [0.29, 0.717) is 0 Å². The second-order valence-corrected chi connectivity index (χ2v) is 5.97. The number of carbonyl (C=O) groups excluding carboxylic acids is 1. The summed E-state index contributed by atoms with van der Waals surface area (Å²) in [5.74, 6) is -0.00928. The Balaban J connectivity index is 2.64. The standard InChI is InChI=1S/C21H25NO/c1-6-10-16(17-12-9-8-11-15(17)5)13-18-19(7-2)22-21(23)20(18)14(3)4/h7-13H,6H2,1-5H3,(H,22,23)/b16-10-,18-13+,19-7+. The molecule has 1 aliphatic rings. The van der Waals surface area contributed by atoms with Crippen molar-refractivity contribution in [1.29, 1.82) is 0 Å². The second-order valence-electron chi connectivity index (χ2n) is 5.97. The zero-order chi connectivity index (χ0) is 17.0. The summed E-state index contributed by atoms with van der Waals surface area (Å²) in [5.41, 5.74) is 7.31. The van der Waals surface area contributed by atoms with Crippen molar-refractivity contribution < 1.29 is 4.79 Å². The number of carbonyl (C=O) groups is 1. The van der Waals surface area contributed by atoms with E-state index in [1.165, 1.54) is 11.1 Å². The van der Waals surface area contributed by atoms with Gasteiger partial charge in [-0.25, -0.2) is 0 Å². The van der Waals surface area contributed by atoms with Gasteiger partial charge in [0.2, 0.25) is 0 Å². The van der Waals surface area contributed by atoms with Gasteiger partial charge in [-0.1, -0.05) is 48.9 Å². The van der Waals surface area contributed by atoms with Crippen LogP contribution in [-0.2, 0) is 4.79 Å². The van der Waals surface area contributed by atoms with E-state index >= 15 is 0 Å². The molecule has 1 amide bonds. The average molecular weight is 307 g/mol. The lowest BCUT2D eigenvalue weighted by Crippen LogP contribution is -2.13. The molecule has 1 aromatic rings. The van der Waals surface area contributed by atoms with Crippen molar-refractivity contribution >= 4 is 11.5 Å². The zero-order valence-corrected chi connectivity index (χ0v) is 14.7. The van der Waals surface area contributed by atoms with Crippen molar-refractivity contribution in [3.8, 4) is 0 Å². The number of benzene rings is 1. The zero-order valence-electron chi connectivity index (χ0n) is 14.7. The number of aryl methyl sites for hydroxylation is 1. The maximum atomic E-state index is 12.3. The van der Waals surface area contributed by atoms with Crippen LogP contribution in [0.1, 0.15) is 45.2 Å². The van der Waals surface area contributed by atoms with Crippen LogP contribution in [-0.4, -0.2) is 5.91 Å². The van der Waals surface area contributed by atoms with Gasteiger partial charge in [-0.05, 0) is 56.9 Å². The average Bonchev–Trinajstić information content (AvgIpc) is 2.83. The van der Waals surface area contributed by atoms with Gasteiger partial charge in [0.15, 0.2) is 0 Å². The van der Waals surface area contributed by atoms with Crippen LogP contribution in [0.2, 0.25) is 0 Å². The molecule has 0 aliphatic carbocycles. The Morgan fingerprint density at radius 1 is 1.22 bits per heavy atom. The van der Waals surface area contributed by atoms with Gasteiger partial charge in [0.25, 0.3) is 5.91 Å². The first-order chi connectivity index (χ1) is 11.0. The van der Waals surface area contributed by atoms with E-state index in [0.717, 1.165) is 34.4 Å². The van der Waals surface area contributed by atoms with Crippen molar-refractivity contribution in [2.24, 2.45) is 0 Å². The lowest BCUT2D eigenvalue weighted by molar-refractivity contribution is -0.115. The Morgan fingerprint density at radius 3 is 2.48 bits per heavy atom. The highest BCUT2D eigenvalue weighted by Gasteiger charge is 2.27. The Hall–Kier alpha value is -2.35. The van der Waals surface area contributed by atoms with Crippen molar-refractivity contribution in [2.75, 3.05) is 0 Å². The summed E-state index contributed by atoms with van der Waals surface area (Å²) in [5, 5.41) is 2.97. The van der Waals surface area contributed by atoms with E-state index in [1.807, 2.05) is 26.8 Å². The molecule has 1 heterocycles. The summed E-state index contributed by atoms with van der Waals surface area (Å²) in [4.78, 5) is 12.3. The molecule has 0 spiro atoms. The topological polar surface area (TPSA) is 29.1 Å². The van der Waals surface area contributed by atoms with Crippen LogP contribution >= 0.6 is 0 Å². The molecule has 1 aliphatic heterocycles. The highest BCUT2D eigenvalue weighted by molar-refractivity contribution is 6.06. The minimum absolute atomic E-state index is 0.00928. The molecule has 2 rings (SSSR count). The Kier molecular flexibility index (Phi) is 5.38. The first-order valence-corrected chi connectivity index (χ1v) is 8.13. The van der Waals surface area contributed by atoms with Gasteiger partial charge in [-0.2, -0.15) is 0 Å². The lowest BCUT2D eigenvalue weighted by Gasteiger charge is -2.10. The third kappa shape index (κ3) is 3.53. The molecule has 1 N–H and O–H groups in total. The highest BCUT2D eigenvalue weighted by atomic mass is 16.2. The maximum Gasteiger partial charge on any atom is 0.256 e.